The maximum Gasteiger partial charge on any atom is 0.0323 e. The molecular weight excluding hydrogens is 182 g/mol. The second-order valence-electron chi connectivity index (χ2n) is 4.85. The molecule has 82 valence electrons. The molecule has 0 amide bonds. The summed E-state index contributed by atoms with van der Waals surface area (Å²) in [6.07, 6.45) is 2.58. The lowest BCUT2D eigenvalue weighted by Gasteiger charge is -2.32. The highest BCUT2D eigenvalue weighted by Crippen LogP contribution is 2.40. The average Bonchev–Trinajstić information content (AvgIpc) is 2.23. The third-order valence-corrected chi connectivity index (χ3v) is 3.80. The third-order valence-electron chi connectivity index (χ3n) is 3.80. The molecule has 0 aliphatic heterocycles. The fourth-order valence-electron chi connectivity index (χ4n) is 2.97. The predicted molar refractivity (Wildman–Crippen MR) is 65.4 cm³/mol. The summed E-state index contributed by atoms with van der Waals surface area (Å²) in [7, 11) is 2.08. The van der Waals surface area contributed by atoms with Crippen molar-refractivity contribution in [2.75, 3.05) is 7.05 Å². The first-order chi connectivity index (χ1) is 7.15. The van der Waals surface area contributed by atoms with Crippen LogP contribution in [0.25, 0.3) is 0 Å². The van der Waals surface area contributed by atoms with Crippen molar-refractivity contribution in [3.05, 3.63) is 34.4 Å². The van der Waals surface area contributed by atoms with Crippen LogP contribution in [0, 0.1) is 13.8 Å². The Morgan fingerprint density at radius 1 is 1.07 bits per heavy atom. The number of benzene rings is 1. The van der Waals surface area contributed by atoms with E-state index >= 15 is 0 Å². The summed E-state index contributed by atoms with van der Waals surface area (Å²) in [5.74, 6) is 0.726. The van der Waals surface area contributed by atoms with E-state index in [1.165, 1.54) is 24.0 Å². The Balaban J connectivity index is 2.60. The molecule has 2 atom stereocenters. The lowest BCUT2D eigenvalue weighted by molar-refractivity contribution is 0.456. The summed E-state index contributed by atoms with van der Waals surface area (Å²) < 4.78 is 0. The molecule has 2 rings (SSSR count). The van der Waals surface area contributed by atoms with Gasteiger partial charge in [0.2, 0.25) is 0 Å². The molecule has 0 spiro atoms. The average molecular weight is 203 g/mol. The second kappa shape index (κ2) is 3.97. The molecule has 0 saturated carbocycles. The maximum atomic E-state index is 3.45. The number of nitrogens with one attached hydrogen (secondary N) is 1. The highest BCUT2D eigenvalue weighted by molar-refractivity contribution is 5.45. The number of hydrogen-bond acceptors (Lipinski definition) is 1. The standard InChI is InChI=1S/C14H21N/c1-9-5-6-11(3)14-12(15-4)8-7-10(2)13(9)14/h5-6,10,12,15H,7-8H2,1-4H3. The van der Waals surface area contributed by atoms with Gasteiger partial charge in [0.05, 0.1) is 0 Å². The minimum Gasteiger partial charge on any atom is -0.313 e. The van der Waals surface area contributed by atoms with Crippen molar-refractivity contribution in [1.82, 2.24) is 5.32 Å². The number of aryl methyl sites for hydroxylation is 2. The summed E-state index contributed by atoms with van der Waals surface area (Å²) in [5.41, 5.74) is 6.07. The van der Waals surface area contributed by atoms with Gasteiger partial charge in [-0.05, 0) is 61.9 Å². The Morgan fingerprint density at radius 2 is 1.67 bits per heavy atom. The molecule has 0 fully saturated rings. The van der Waals surface area contributed by atoms with Crippen LogP contribution in [0.4, 0.5) is 0 Å². The van der Waals surface area contributed by atoms with Gasteiger partial charge in [0.15, 0.2) is 0 Å². The van der Waals surface area contributed by atoms with Crippen LogP contribution in [0.5, 0.6) is 0 Å². The molecule has 1 aliphatic carbocycles. The minimum absolute atomic E-state index is 0.566. The molecule has 1 aliphatic rings. The fourth-order valence-corrected chi connectivity index (χ4v) is 2.97. The first kappa shape index (κ1) is 10.7. The molecule has 1 aromatic rings. The van der Waals surface area contributed by atoms with E-state index in [4.69, 9.17) is 0 Å². The summed E-state index contributed by atoms with van der Waals surface area (Å²) in [4.78, 5) is 0. The molecule has 15 heavy (non-hydrogen) atoms. The molecule has 1 aromatic carbocycles. The molecule has 0 bridgehead atoms. The molecule has 1 N–H and O–H groups in total. The number of fused-ring (bicyclic) bond motifs is 1. The largest absolute Gasteiger partial charge is 0.313 e. The third kappa shape index (κ3) is 1.69. The van der Waals surface area contributed by atoms with E-state index in [0.717, 1.165) is 5.92 Å². The first-order valence-electron chi connectivity index (χ1n) is 5.92. The van der Waals surface area contributed by atoms with Gasteiger partial charge in [-0.15, -0.1) is 0 Å². The van der Waals surface area contributed by atoms with Gasteiger partial charge in [-0.3, -0.25) is 0 Å². The van der Waals surface area contributed by atoms with E-state index in [9.17, 15) is 0 Å². The zero-order valence-electron chi connectivity index (χ0n) is 10.2. The van der Waals surface area contributed by atoms with Gasteiger partial charge in [0.1, 0.15) is 0 Å². The highest BCUT2D eigenvalue weighted by Gasteiger charge is 2.26. The molecule has 1 heteroatoms. The van der Waals surface area contributed by atoms with Gasteiger partial charge in [0.25, 0.3) is 0 Å². The highest BCUT2D eigenvalue weighted by atomic mass is 14.9. The van der Waals surface area contributed by atoms with Crippen molar-refractivity contribution in [2.45, 2.75) is 45.6 Å². The molecular formula is C14H21N. The van der Waals surface area contributed by atoms with Crippen LogP contribution in [0.15, 0.2) is 12.1 Å². The molecule has 0 heterocycles. The number of hydrogen-bond donors (Lipinski definition) is 1. The fraction of sp³-hybridized carbons (Fsp3) is 0.571. The van der Waals surface area contributed by atoms with E-state index in [0.29, 0.717) is 6.04 Å². The molecule has 0 radical (unpaired) electrons. The lowest BCUT2D eigenvalue weighted by Crippen LogP contribution is -2.24. The quantitative estimate of drug-likeness (QED) is 0.737. The minimum atomic E-state index is 0.566. The van der Waals surface area contributed by atoms with Gasteiger partial charge < -0.3 is 5.32 Å². The summed E-state index contributed by atoms with van der Waals surface area (Å²) in [5, 5.41) is 3.45. The van der Waals surface area contributed by atoms with E-state index in [-0.39, 0.29) is 0 Å². The van der Waals surface area contributed by atoms with E-state index < -0.39 is 0 Å². The van der Waals surface area contributed by atoms with Crippen LogP contribution in [0.2, 0.25) is 0 Å². The zero-order chi connectivity index (χ0) is 11.0. The number of rotatable bonds is 1. The lowest BCUT2D eigenvalue weighted by atomic mass is 9.77. The molecule has 0 saturated heterocycles. The van der Waals surface area contributed by atoms with Crippen molar-refractivity contribution >= 4 is 0 Å². The topological polar surface area (TPSA) is 12.0 Å². The Bertz CT molecular complexity index is 368. The van der Waals surface area contributed by atoms with Gasteiger partial charge in [-0.2, -0.15) is 0 Å². The van der Waals surface area contributed by atoms with Crippen LogP contribution in [0.1, 0.15) is 54.0 Å². The van der Waals surface area contributed by atoms with E-state index in [1.807, 2.05) is 0 Å². The normalized spacial score (nSPS) is 25.1. The van der Waals surface area contributed by atoms with Crippen molar-refractivity contribution < 1.29 is 0 Å². The maximum absolute atomic E-state index is 3.45. The monoisotopic (exact) mass is 203 g/mol. The molecule has 1 nitrogen and oxygen atoms in total. The van der Waals surface area contributed by atoms with Crippen LogP contribution < -0.4 is 5.32 Å². The van der Waals surface area contributed by atoms with Gasteiger partial charge >= 0.3 is 0 Å². The Morgan fingerprint density at radius 3 is 2.27 bits per heavy atom. The second-order valence-corrected chi connectivity index (χ2v) is 4.85. The van der Waals surface area contributed by atoms with Crippen LogP contribution in [-0.2, 0) is 0 Å². The summed E-state index contributed by atoms with van der Waals surface area (Å²) in [6.45, 7) is 6.84. The summed E-state index contributed by atoms with van der Waals surface area (Å²) in [6, 6.07) is 5.09. The van der Waals surface area contributed by atoms with Crippen LogP contribution >= 0.6 is 0 Å². The van der Waals surface area contributed by atoms with Gasteiger partial charge in [0, 0.05) is 6.04 Å². The Hall–Kier alpha value is -0.820. The Labute approximate surface area is 92.9 Å². The van der Waals surface area contributed by atoms with Crippen LogP contribution in [-0.4, -0.2) is 7.05 Å². The summed E-state index contributed by atoms with van der Waals surface area (Å²) >= 11 is 0. The first-order valence-corrected chi connectivity index (χ1v) is 5.92. The van der Waals surface area contributed by atoms with Crippen molar-refractivity contribution in [1.29, 1.82) is 0 Å². The van der Waals surface area contributed by atoms with Crippen molar-refractivity contribution in [3.8, 4) is 0 Å². The smallest absolute Gasteiger partial charge is 0.0323 e. The van der Waals surface area contributed by atoms with E-state index in [2.05, 4.69) is 45.3 Å². The van der Waals surface area contributed by atoms with Crippen LogP contribution in [0.3, 0.4) is 0 Å². The SMILES string of the molecule is CNC1CCC(C)c2c(C)ccc(C)c21. The van der Waals surface area contributed by atoms with Gasteiger partial charge in [-0.1, -0.05) is 19.1 Å². The zero-order valence-corrected chi connectivity index (χ0v) is 10.2. The molecule has 0 aromatic heterocycles. The molecule has 2 unspecified atom stereocenters. The van der Waals surface area contributed by atoms with E-state index in [1.54, 1.807) is 11.1 Å². The predicted octanol–water partition coefficient (Wildman–Crippen LogP) is 3.46. The van der Waals surface area contributed by atoms with Crippen molar-refractivity contribution in [3.63, 3.8) is 0 Å². The van der Waals surface area contributed by atoms with Crippen molar-refractivity contribution in [2.24, 2.45) is 0 Å². The Kier molecular flexibility index (Phi) is 2.83. The van der Waals surface area contributed by atoms with Gasteiger partial charge in [-0.25, -0.2) is 0 Å².